The number of benzene rings is 2. The molecule has 2 atom stereocenters. The summed E-state index contributed by atoms with van der Waals surface area (Å²) in [5.74, 6) is 0.835. The molecule has 0 bridgehead atoms. The van der Waals surface area contributed by atoms with Gasteiger partial charge in [0.1, 0.15) is 23.4 Å². The van der Waals surface area contributed by atoms with Crippen molar-refractivity contribution in [2.75, 3.05) is 11.9 Å². The molecule has 2 N–H and O–H groups in total. The van der Waals surface area contributed by atoms with Crippen LogP contribution < -0.4 is 10.6 Å². The second-order valence-electron chi connectivity index (χ2n) is 8.33. The fraction of sp³-hybridized carbons (Fsp3) is 0.148. The molecule has 2 unspecified atom stereocenters. The predicted molar refractivity (Wildman–Crippen MR) is 141 cm³/mol. The first-order chi connectivity index (χ1) is 17.5. The van der Waals surface area contributed by atoms with E-state index in [2.05, 4.69) is 15.6 Å². The lowest BCUT2D eigenvalue weighted by molar-refractivity contribution is -0.116. The third-order valence-corrected chi connectivity index (χ3v) is 6.56. The van der Waals surface area contributed by atoms with Crippen molar-refractivity contribution in [3.8, 4) is 11.3 Å². The maximum atomic E-state index is 13.2. The van der Waals surface area contributed by atoms with Gasteiger partial charge >= 0.3 is 0 Å². The summed E-state index contributed by atoms with van der Waals surface area (Å²) in [4.78, 5) is 19.1. The number of carbonyl (C=O) groups excluding carboxylic acids is 1. The number of anilines is 1. The number of carbonyl (C=O) groups is 1. The van der Waals surface area contributed by atoms with Crippen molar-refractivity contribution in [1.29, 1.82) is 0 Å². The number of halogens is 2. The van der Waals surface area contributed by atoms with Crippen molar-refractivity contribution in [3.63, 3.8) is 0 Å². The Hall–Kier alpha value is -3.75. The summed E-state index contributed by atoms with van der Waals surface area (Å²) in [6.45, 7) is 0.351. The maximum absolute atomic E-state index is 13.2. The summed E-state index contributed by atoms with van der Waals surface area (Å²) >= 11 is 11.7. The number of pyridine rings is 1. The first-order valence-electron chi connectivity index (χ1n) is 11.4. The Morgan fingerprint density at radius 2 is 1.86 bits per heavy atom. The van der Waals surface area contributed by atoms with Crippen LogP contribution in [0.1, 0.15) is 30.0 Å². The van der Waals surface area contributed by atoms with Gasteiger partial charge in [-0.05, 0) is 85.0 Å². The number of aromatic nitrogens is 1. The number of nitrogens with zero attached hydrogens (tertiary/aromatic N) is 2. The summed E-state index contributed by atoms with van der Waals surface area (Å²) in [5.41, 5.74) is 2.25. The predicted octanol–water partition coefficient (Wildman–Crippen LogP) is 6.14. The third-order valence-electron chi connectivity index (χ3n) is 5.95. The molecule has 1 aliphatic rings. The highest BCUT2D eigenvalue weighted by molar-refractivity contribution is 7.80. The lowest BCUT2D eigenvalue weighted by Gasteiger charge is -2.25. The van der Waals surface area contributed by atoms with E-state index >= 15 is 0 Å². The van der Waals surface area contributed by atoms with Gasteiger partial charge in [-0.1, -0.05) is 17.7 Å². The monoisotopic (exact) mass is 520 g/mol. The van der Waals surface area contributed by atoms with Crippen molar-refractivity contribution in [2.24, 2.45) is 0 Å². The number of rotatable bonds is 7. The lowest BCUT2D eigenvalue weighted by atomic mass is 10.0. The Labute approximate surface area is 218 Å². The number of nitrogens with one attached hydrogen (secondary N) is 2. The van der Waals surface area contributed by atoms with E-state index < -0.39 is 0 Å². The van der Waals surface area contributed by atoms with Crippen LogP contribution in [0.5, 0.6) is 0 Å². The van der Waals surface area contributed by atoms with Gasteiger partial charge in [-0.3, -0.25) is 9.78 Å². The van der Waals surface area contributed by atoms with Crippen molar-refractivity contribution in [3.05, 3.63) is 107 Å². The molecule has 1 saturated heterocycles. The standard InChI is InChI=1S/C27H22ClFN4O2S/c28-18-6-4-17(5-7-18)22-12-13-23(35-22)26-25(21-3-1-2-15-30-21)32-27(36)33(26)16-14-24(34)31-20-10-8-19(29)9-11-20/h1-13,15,25-26H,14,16H2,(H,31,34)(H,32,36). The van der Waals surface area contributed by atoms with Crippen LogP contribution in [0.2, 0.25) is 5.02 Å². The number of thiocarbonyl (C=S) groups is 1. The van der Waals surface area contributed by atoms with Crippen LogP contribution in [0.25, 0.3) is 11.3 Å². The van der Waals surface area contributed by atoms with Crippen LogP contribution in [0.4, 0.5) is 10.1 Å². The minimum absolute atomic E-state index is 0.176. The van der Waals surface area contributed by atoms with Gasteiger partial charge in [0.05, 0.1) is 11.7 Å². The van der Waals surface area contributed by atoms with Crippen molar-refractivity contribution in [1.82, 2.24) is 15.2 Å². The molecule has 2 aromatic carbocycles. The van der Waals surface area contributed by atoms with E-state index in [1.54, 1.807) is 6.20 Å². The minimum Gasteiger partial charge on any atom is -0.459 e. The molecule has 36 heavy (non-hydrogen) atoms. The molecule has 3 heterocycles. The van der Waals surface area contributed by atoms with Gasteiger partial charge in [-0.2, -0.15) is 0 Å². The zero-order chi connectivity index (χ0) is 25.1. The molecule has 1 fully saturated rings. The van der Waals surface area contributed by atoms with E-state index in [1.165, 1.54) is 24.3 Å². The summed E-state index contributed by atoms with van der Waals surface area (Å²) in [6, 6.07) is 22.0. The van der Waals surface area contributed by atoms with Crippen LogP contribution >= 0.6 is 23.8 Å². The summed E-state index contributed by atoms with van der Waals surface area (Å²) in [7, 11) is 0. The molecule has 6 nitrogen and oxygen atoms in total. The molecule has 9 heteroatoms. The Kier molecular flexibility index (Phi) is 6.97. The van der Waals surface area contributed by atoms with Crippen molar-refractivity contribution >= 4 is 40.5 Å². The molecule has 5 rings (SSSR count). The Morgan fingerprint density at radius 1 is 1.08 bits per heavy atom. The average molecular weight is 521 g/mol. The molecule has 0 aliphatic carbocycles. The number of hydrogen-bond donors (Lipinski definition) is 2. The molecular weight excluding hydrogens is 499 g/mol. The fourth-order valence-corrected chi connectivity index (χ4v) is 4.67. The van der Waals surface area contributed by atoms with Crippen LogP contribution in [-0.4, -0.2) is 27.4 Å². The van der Waals surface area contributed by atoms with Crippen molar-refractivity contribution in [2.45, 2.75) is 18.5 Å². The highest BCUT2D eigenvalue weighted by Crippen LogP contribution is 2.40. The van der Waals surface area contributed by atoms with Gasteiger partial charge in [-0.15, -0.1) is 0 Å². The van der Waals surface area contributed by atoms with Gasteiger partial charge in [0.15, 0.2) is 5.11 Å². The van der Waals surface area contributed by atoms with Crippen LogP contribution in [0, 0.1) is 5.82 Å². The van der Waals surface area contributed by atoms with E-state index in [1.807, 2.05) is 59.5 Å². The molecule has 0 spiro atoms. The van der Waals surface area contributed by atoms with E-state index in [9.17, 15) is 9.18 Å². The number of furan rings is 1. The normalized spacial score (nSPS) is 17.2. The summed E-state index contributed by atoms with van der Waals surface area (Å²) < 4.78 is 19.5. The number of hydrogen-bond acceptors (Lipinski definition) is 4. The summed E-state index contributed by atoms with van der Waals surface area (Å²) in [5, 5.41) is 7.30. The topological polar surface area (TPSA) is 70.4 Å². The molecule has 4 aromatic rings. The SMILES string of the molecule is O=C(CCN1C(=S)NC(c2ccccn2)C1c1ccc(-c2ccc(Cl)cc2)o1)Nc1ccc(F)cc1. The molecule has 0 saturated carbocycles. The zero-order valence-corrected chi connectivity index (χ0v) is 20.6. The Bertz CT molecular complexity index is 1360. The van der Waals surface area contributed by atoms with E-state index in [0.29, 0.717) is 33.9 Å². The zero-order valence-electron chi connectivity index (χ0n) is 19.0. The van der Waals surface area contributed by atoms with Gasteiger partial charge in [0, 0.05) is 35.4 Å². The third kappa shape index (κ3) is 5.24. The quantitative estimate of drug-likeness (QED) is 0.285. The van der Waals surface area contributed by atoms with Crippen LogP contribution in [0.15, 0.2) is 89.5 Å². The van der Waals surface area contributed by atoms with E-state index in [-0.39, 0.29) is 30.2 Å². The Morgan fingerprint density at radius 3 is 2.58 bits per heavy atom. The average Bonchev–Trinajstić information content (AvgIpc) is 3.50. The van der Waals surface area contributed by atoms with Crippen LogP contribution in [-0.2, 0) is 4.79 Å². The van der Waals surface area contributed by atoms with Gasteiger partial charge in [0.2, 0.25) is 5.91 Å². The first kappa shape index (κ1) is 24.0. The minimum atomic E-state index is -0.360. The fourth-order valence-electron chi connectivity index (χ4n) is 4.22. The molecule has 1 aliphatic heterocycles. The summed E-state index contributed by atoms with van der Waals surface area (Å²) in [6.07, 6.45) is 1.91. The first-order valence-corrected chi connectivity index (χ1v) is 12.2. The van der Waals surface area contributed by atoms with E-state index in [0.717, 1.165) is 11.3 Å². The lowest BCUT2D eigenvalue weighted by Crippen LogP contribution is -2.32. The highest BCUT2D eigenvalue weighted by Gasteiger charge is 2.41. The molecular formula is C27H22ClFN4O2S. The second-order valence-corrected chi connectivity index (χ2v) is 9.16. The molecule has 182 valence electrons. The van der Waals surface area contributed by atoms with Crippen LogP contribution in [0.3, 0.4) is 0 Å². The Balaban J connectivity index is 1.38. The molecule has 1 amide bonds. The number of amides is 1. The van der Waals surface area contributed by atoms with Gasteiger partial charge < -0.3 is 20.0 Å². The molecule has 2 aromatic heterocycles. The highest BCUT2D eigenvalue weighted by atomic mass is 35.5. The van der Waals surface area contributed by atoms with Crippen molar-refractivity contribution < 1.29 is 13.6 Å². The largest absolute Gasteiger partial charge is 0.459 e. The maximum Gasteiger partial charge on any atom is 0.226 e. The van der Waals surface area contributed by atoms with Gasteiger partial charge in [0.25, 0.3) is 0 Å². The smallest absolute Gasteiger partial charge is 0.226 e. The van der Waals surface area contributed by atoms with Gasteiger partial charge in [-0.25, -0.2) is 4.39 Å². The molecule has 0 radical (unpaired) electrons. The van der Waals surface area contributed by atoms with E-state index in [4.69, 9.17) is 28.2 Å². The second kappa shape index (κ2) is 10.5.